The molecule has 0 bridgehead atoms. The number of fused-ring (bicyclic) bond motifs is 1. The molecule has 2 aromatic rings. The molecule has 28 heavy (non-hydrogen) atoms. The van der Waals surface area contributed by atoms with Crippen LogP contribution in [0, 0.1) is 25.2 Å². The number of carbonyl (C=O) groups excluding carboxylic acids is 1. The Morgan fingerprint density at radius 1 is 1.07 bits per heavy atom. The van der Waals surface area contributed by atoms with Crippen LogP contribution in [0.4, 0.5) is 10.5 Å². The second-order valence-corrected chi connectivity index (χ2v) is 9.76. The quantitative estimate of drug-likeness (QED) is 0.749. The van der Waals surface area contributed by atoms with E-state index in [1.807, 2.05) is 44.2 Å². The zero-order valence-electron chi connectivity index (χ0n) is 15.8. The van der Waals surface area contributed by atoms with Gasteiger partial charge in [0.25, 0.3) is 0 Å². The van der Waals surface area contributed by atoms with Crippen molar-refractivity contribution in [1.29, 1.82) is 5.26 Å². The number of sulfone groups is 1. The Hall–Kier alpha value is -2.85. The monoisotopic (exact) mass is 395 g/mol. The topological polar surface area (TPSA) is 81.5 Å². The van der Waals surface area contributed by atoms with Crippen LogP contribution >= 0.6 is 0 Å². The highest BCUT2D eigenvalue weighted by Crippen LogP contribution is 2.36. The third kappa shape index (κ3) is 3.14. The lowest BCUT2D eigenvalue weighted by atomic mass is 10.1. The van der Waals surface area contributed by atoms with Crippen LogP contribution < -0.4 is 4.90 Å². The predicted octanol–water partition coefficient (Wildman–Crippen LogP) is 2.78. The molecule has 7 heteroatoms. The summed E-state index contributed by atoms with van der Waals surface area (Å²) in [7, 11) is -3.23. The average molecular weight is 395 g/mol. The van der Waals surface area contributed by atoms with Gasteiger partial charge in [-0.15, -0.1) is 0 Å². The molecule has 144 valence electrons. The van der Waals surface area contributed by atoms with Gasteiger partial charge in [-0.2, -0.15) is 5.26 Å². The van der Waals surface area contributed by atoms with Crippen molar-refractivity contribution in [3.05, 3.63) is 64.7 Å². The van der Waals surface area contributed by atoms with E-state index in [9.17, 15) is 18.5 Å². The molecule has 6 nitrogen and oxygen atoms in total. The first-order valence-corrected chi connectivity index (χ1v) is 11.0. The van der Waals surface area contributed by atoms with Crippen molar-refractivity contribution < 1.29 is 13.2 Å². The van der Waals surface area contributed by atoms with E-state index in [2.05, 4.69) is 6.07 Å². The van der Waals surface area contributed by atoms with E-state index in [4.69, 9.17) is 0 Å². The number of carbonyl (C=O) groups is 1. The van der Waals surface area contributed by atoms with Gasteiger partial charge in [0.1, 0.15) is 0 Å². The van der Waals surface area contributed by atoms with Crippen molar-refractivity contribution in [2.75, 3.05) is 16.4 Å². The van der Waals surface area contributed by atoms with Crippen LogP contribution in [0.2, 0.25) is 0 Å². The van der Waals surface area contributed by atoms with Crippen molar-refractivity contribution in [2.45, 2.75) is 32.5 Å². The summed E-state index contributed by atoms with van der Waals surface area (Å²) in [5.41, 5.74) is 3.99. The van der Waals surface area contributed by atoms with E-state index < -0.39 is 21.9 Å². The standard InChI is InChI=1S/C21H21N3O3S/c1-14-7-15(2)9-18(8-14)24-20-13-28(26,27)12-19(20)23(21(24)25)11-17-6-4-3-5-16(17)10-22/h3-9,19-20H,11-13H2,1-2H3/t19-,20+/m1/s1. The summed E-state index contributed by atoms with van der Waals surface area (Å²) < 4.78 is 24.7. The normalized spacial score (nSPS) is 23.0. The lowest BCUT2D eigenvalue weighted by Gasteiger charge is -2.23. The minimum Gasteiger partial charge on any atom is -0.314 e. The highest BCUT2D eigenvalue weighted by molar-refractivity contribution is 7.91. The zero-order chi connectivity index (χ0) is 20.1. The largest absolute Gasteiger partial charge is 0.325 e. The molecule has 2 heterocycles. The summed E-state index contributed by atoms with van der Waals surface area (Å²) in [5.74, 6) is -0.0772. The smallest absolute Gasteiger partial charge is 0.314 e. The summed E-state index contributed by atoms with van der Waals surface area (Å²) in [6.45, 7) is 4.14. The Morgan fingerprint density at radius 2 is 1.71 bits per heavy atom. The molecular formula is C21H21N3O3S. The van der Waals surface area contributed by atoms with Crippen LogP contribution in [-0.4, -0.2) is 42.9 Å². The summed E-state index contributed by atoms with van der Waals surface area (Å²) in [6, 6.07) is 14.1. The Balaban J connectivity index is 1.76. The maximum Gasteiger partial charge on any atom is 0.325 e. The van der Waals surface area contributed by atoms with Gasteiger partial charge in [0.15, 0.2) is 9.84 Å². The van der Waals surface area contributed by atoms with Crippen LogP contribution in [0.1, 0.15) is 22.3 Å². The minimum atomic E-state index is -3.23. The third-order valence-electron chi connectivity index (χ3n) is 5.44. The molecule has 2 amide bonds. The molecule has 2 atom stereocenters. The van der Waals surface area contributed by atoms with Gasteiger partial charge < -0.3 is 4.90 Å². The molecule has 2 fully saturated rings. The predicted molar refractivity (Wildman–Crippen MR) is 107 cm³/mol. The number of urea groups is 1. The number of anilines is 1. The van der Waals surface area contributed by atoms with Crippen molar-refractivity contribution in [3.8, 4) is 6.07 Å². The van der Waals surface area contributed by atoms with Crippen LogP contribution in [0.25, 0.3) is 0 Å². The molecule has 2 saturated heterocycles. The molecule has 0 saturated carbocycles. The zero-order valence-corrected chi connectivity index (χ0v) is 16.6. The number of nitriles is 1. The summed E-state index contributed by atoms with van der Waals surface area (Å²) in [4.78, 5) is 16.6. The first-order valence-electron chi connectivity index (χ1n) is 9.15. The van der Waals surface area contributed by atoms with Gasteiger partial charge >= 0.3 is 6.03 Å². The fraction of sp³-hybridized carbons (Fsp3) is 0.333. The van der Waals surface area contributed by atoms with Gasteiger partial charge in [0.2, 0.25) is 0 Å². The molecule has 2 aliphatic rings. The number of benzene rings is 2. The maximum atomic E-state index is 13.3. The van der Waals surface area contributed by atoms with E-state index in [0.717, 1.165) is 22.4 Å². The van der Waals surface area contributed by atoms with Gasteiger partial charge in [-0.1, -0.05) is 24.3 Å². The van der Waals surface area contributed by atoms with Crippen LogP contribution in [0.15, 0.2) is 42.5 Å². The molecule has 0 aromatic heterocycles. The number of rotatable bonds is 3. The number of amides is 2. The lowest BCUT2D eigenvalue weighted by molar-refractivity contribution is 0.206. The van der Waals surface area contributed by atoms with E-state index in [-0.39, 0.29) is 24.1 Å². The third-order valence-corrected chi connectivity index (χ3v) is 7.14. The van der Waals surface area contributed by atoms with Gasteiger partial charge in [-0.25, -0.2) is 13.2 Å². The van der Waals surface area contributed by atoms with Crippen molar-refractivity contribution >= 4 is 21.6 Å². The van der Waals surface area contributed by atoms with Crippen LogP contribution in [-0.2, 0) is 16.4 Å². The molecule has 2 aromatic carbocycles. The van der Waals surface area contributed by atoms with Crippen LogP contribution in [0.3, 0.4) is 0 Å². The molecule has 0 aliphatic carbocycles. The minimum absolute atomic E-state index is 0.0349. The molecular weight excluding hydrogens is 374 g/mol. The Labute approximate surface area is 164 Å². The Morgan fingerprint density at radius 3 is 2.39 bits per heavy atom. The highest BCUT2D eigenvalue weighted by atomic mass is 32.2. The lowest BCUT2D eigenvalue weighted by Crippen LogP contribution is -2.37. The van der Waals surface area contributed by atoms with Crippen molar-refractivity contribution in [2.24, 2.45) is 0 Å². The molecule has 0 spiro atoms. The van der Waals surface area contributed by atoms with E-state index in [1.165, 1.54) is 0 Å². The van der Waals surface area contributed by atoms with Gasteiger partial charge in [0, 0.05) is 12.2 Å². The summed E-state index contributed by atoms with van der Waals surface area (Å²) in [6.07, 6.45) is 0. The fourth-order valence-electron chi connectivity index (χ4n) is 4.30. The summed E-state index contributed by atoms with van der Waals surface area (Å²) >= 11 is 0. The molecule has 2 aliphatic heterocycles. The molecule has 0 unspecified atom stereocenters. The highest BCUT2D eigenvalue weighted by Gasteiger charge is 2.53. The summed E-state index contributed by atoms with van der Waals surface area (Å²) in [5, 5.41) is 9.36. The first kappa shape index (κ1) is 18.5. The number of hydrogen-bond donors (Lipinski definition) is 0. The van der Waals surface area contributed by atoms with Crippen molar-refractivity contribution in [3.63, 3.8) is 0 Å². The van der Waals surface area contributed by atoms with Gasteiger partial charge in [-0.3, -0.25) is 4.90 Å². The molecule has 0 radical (unpaired) electrons. The number of hydrogen-bond acceptors (Lipinski definition) is 4. The van der Waals surface area contributed by atoms with Crippen molar-refractivity contribution in [1.82, 2.24) is 4.90 Å². The van der Waals surface area contributed by atoms with E-state index in [0.29, 0.717) is 5.56 Å². The second-order valence-electron chi connectivity index (χ2n) is 7.61. The maximum absolute atomic E-state index is 13.3. The van der Waals surface area contributed by atoms with Crippen LogP contribution in [0.5, 0.6) is 0 Å². The number of nitrogens with zero attached hydrogens (tertiary/aromatic N) is 3. The average Bonchev–Trinajstić information content (AvgIpc) is 3.05. The Kier molecular flexibility index (Phi) is 4.39. The second kappa shape index (κ2) is 6.64. The SMILES string of the molecule is Cc1cc(C)cc(N2C(=O)N(Cc3ccccc3C#N)[C@@H]3CS(=O)(=O)C[C@@H]32)c1. The van der Waals surface area contributed by atoms with Gasteiger partial charge in [-0.05, 0) is 48.7 Å². The molecule has 4 rings (SSSR count). The van der Waals surface area contributed by atoms with E-state index >= 15 is 0 Å². The Bertz CT molecular complexity index is 1080. The van der Waals surface area contributed by atoms with Gasteiger partial charge in [0.05, 0.1) is 35.2 Å². The van der Waals surface area contributed by atoms with E-state index in [1.54, 1.807) is 21.9 Å². The molecule has 0 N–H and O–H groups in total. The number of aryl methyl sites for hydroxylation is 2. The fourth-order valence-corrected chi connectivity index (χ4v) is 6.25. The first-order chi connectivity index (χ1) is 13.3.